The van der Waals surface area contributed by atoms with Gasteiger partial charge in [0.15, 0.2) is 0 Å². The monoisotopic (exact) mass is 306 g/mol. The minimum atomic E-state index is 0.126. The van der Waals surface area contributed by atoms with Crippen molar-refractivity contribution in [2.75, 3.05) is 0 Å². The fourth-order valence-electron chi connectivity index (χ4n) is 2.25. The zero-order chi connectivity index (χ0) is 12.7. The Bertz CT molecular complexity index is 614. The molecule has 3 nitrogen and oxygen atoms in total. The van der Waals surface area contributed by atoms with Crippen molar-refractivity contribution in [3.63, 3.8) is 0 Å². The van der Waals surface area contributed by atoms with Crippen LogP contribution < -0.4 is 5.32 Å². The molecular weight excluding hydrogens is 292 g/mol. The highest BCUT2D eigenvalue weighted by molar-refractivity contribution is 9.10. The Labute approximate surface area is 114 Å². The van der Waals surface area contributed by atoms with E-state index >= 15 is 0 Å². The molecule has 0 atom stereocenters. The van der Waals surface area contributed by atoms with E-state index in [1.807, 2.05) is 19.1 Å². The van der Waals surface area contributed by atoms with Gasteiger partial charge in [0, 0.05) is 27.1 Å². The van der Waals surface area contributed by atoms with E-state index in [4.69, 9.17) is 0 Å². The van der Waals surface area contributed by atoms with Gasteiger partial charge in [0.05, 0.1) is 6.42 Å². The highest BCUT2D eigenvalue weighted by atomic mass is 79.9. The van der Waals surface area contributed by atoms with Gasteiger partial charge in [-0.1, -0.05) is 15.9 Å². The number of hydrogen-bond acceptors (Lipinski definition) is 1. The number of amides is 1. The third-order valence-corrected chi connectivity index (χ3v) is 3.85. The van der Waals surface area contributed by atoms with E-state index in [2.05, 4.69) is 32.3 Å². The molecule has 18 heavy (non-hydrogen) atoms. The van der Waals surface area contributed by atoms with E-state index in [1.54, 1.807) is 0 Å². The molecule has 3 rings (SSSR count). The minimum Gasteiger partial charge on any atom is -0.358 e. The average Bonchev–Trinajstić information content (AvgIpc) is 3.07. The second kappa shape index (κ2) is 4.43. The lowest BCUT2D eigenvalue weighted by Gasteiger charge is -2.03. The van der Waals surface area contributed by atoms with Crippen molar-refractivity contribution in [1.29, 1.82) is 0 Å². The van der Waals surface area contributed by atoms with Gasteiger partial charge >= 0.3 is 0 Å². The normalized spacial score (nSPS) is 15.0. The van der Waals surface area contributed by atoms with Crippen molar-refractivity contribution in [3.05, 3.63) is 33.9 Å². The molecule has 0 bridgehead atoms. The number of H-pyrrole nitrogens is 1. The fraction of sp³-hybridized carbons (Fsp3) is 0.357. The van der Waals surface area contributed by atoms with Gasteiger partial charge in [0.2, 0.25) is 5.91 Å². The maximum absolute atomic E-state index is 11.9. The van der Waals surface area contributed by atoms with E-state index in [0.29, 0.717) is 12.5 Å². The Morgan fingerprint density at radius 2 is 2.28 bits per heavy atom. The molecule has 0 saturated heterocycles. The molecule has 0 aliphatic heterocycles. The Morgan fingerprint density at radius 3 is 3.00 bits per heavy atom. The number of aryl methyl sites for hydroxylation is 1. The van der Waals surface area contributed by atoms with Gasteiger partial charge in [0.25, 0.3) is 0 Å². The summed E-state index contributed by atoms with van der Waals surface area (Å²) in [5, 5.41) is 4.17. The molecule has 1 amide bonds. The molecule has 2 aromatic rings. The molecule has 94 valence electrons. The van der Waals surface area contributed by atoms with Crippen LogP contribution in [0.1, 0.15) is 24.1 Å². The molecule has 0 unspecified atom stereocenters. The van der Waals surface area contributed by atoms with Crippen molar-refractivity contribution >= 4 is 32.7 Å². The summed E-state index contributed by atoms with van der Waals surface area (Å²) in [4.78, 5) is 15.2. The minimum absolute atomic E-state index is 0.126. The molecule has 1 saturated carbocycles. The maximum atomic E-state index is 11.9. The van der Waals surface area contributed by atoms with Gasteiger partial charge < -0.3 is 10.3 Å². The quantitative estimate of drug-likeness (QED) is 0.899. The van der Waals surface area contributed by atoms with Crippen LogP contribution in [0.15, 0.2) is 22.7 Å². The lowest BCUT2D eigenvalue weighted by Crippen LogP contribution is -2.27. The number of carbonyl (C=O) groups excluding carboxylic acids is 1. The van der Waals surface area contributed by atoms with Gasteiger partial charge in [0.1, 0.15) is 0 Å². The molecule has 1 aromatic carbocycles. The molecule has 1 fully saturated rings. The summed E-state index contributed by atoms with van der Waals surface area (Å²) >= 11 is 3.48. The SMILES string of the molecule is Cc1[nH]c2ccc(Br)cc2c1CC(=O)NC1CC1. The number of benzene rings is 1. The second-order valence-corrected chi connectivity index (χ2v) is 5.85. The molecular formula is C14H15BrN2O. The molecule has 0 spiro atoms. The van der Waals surface area contributed by atoms with Crippen LogP contribution in [0.25, 0.3) is 10.9 Å². The first-order valence-corrected chi connectivity index (χ1v) is 6.99. The van der Waals surface area contributed by atoms with Crippen LogP contribution in [0.5, 0.6) is 0 Å². The highest BCUT2D eigenvalue weighted by Crippen LogP contribution is 2.26. The zero-order valence-electron chi connectivity index (χ0n) is 10.2. The van der Waals surface area contributed by atoms with Gasteiger partial charge in [-0.2, -0.15) is 0 Å². The van der Waals surface area contributed by atoms with E-state index in [0.717, 1.165) is 39.5 Å². The van der Waals surface area contributed by atoms with Crippen LogP contribution in [0, 0.1) is 6.92 Å². The van der Waals surface area contributed by atoms with Crippen molar-refractivity contribution in [1.82, 2.24) is 10.3 Å². The summed E-state index contributed by atoms with van der Waals surface area (Å²) in [6, 6.07) is 6.54. The number of aromatic nitrogens is 1. The molecule has 2 N–H and O–H groups in total. The zero-order valence-corrected chi connectivity index (χ0v) is 11.8. The van der Waals surface area contributed by atoms with Crippen LogP contribution in [0.2, 0.25) is 0 Å². The Hall–Kier alpha value is -1.29. The predicted octanol–water partition coefficient (Wildman–Crippen LogP) is 3.06. The Kier molecular flexibility index (Phi) is 2.90. The summed E-state index contributed by atoms with van der Waals surface area (Å²) in [5.41, 5.74) is 3.27. The maximum Gasteiger partial charge on any atom is 0.224 e. The van der Waals surface area contributed by atoms with Crippen molar-refractivity contribution in [2.24, 2.45) is 0 Å². The van der Waals surface area contributed by atoms with Gasteiger partial charge in [-0.25, -0.2) is 0 Å². The van der Waals surface area contributed by atoms with Gasteiger partial charge in [-0.3, -0.25) is 4.79 Å². The number of rotatable bonds is 3. The van der Waals surface area contributed by atoms with Crippen molar-refractivity contribution in [2.45, 2.75) is 32.2 Å². The molecule has 0 radical (unpaired) electrons. The summed E-state index contributed by atoms with van der Waals surface area (Å²) < 4.78 is 1.04. The summed E-state index contributed by atoms with van der Waals surface area (Å²) in [7, 11) is 0. The Morgan fingerprint density at radius 1 is 1.50 bits per heavy atom. The van der Waals surface area contributed by atoms with Gasteiger partial charge in [-0.05, 0) is 43.5 Å². The first kappa shape index (κ1) is 11.8. The molecule has 4 heteroatoms. The second-order valence-electron chi connectivity index (χ2n) is 4.94. The molecule has 1 aliphatic carbocycles. The first-order chi connectivity index (χ1) is 8.63. The number of hydrogen-bond donors (Lipinski definition) is 2. The van der Waals surface area contributed by atoms with Crippen molar-refractivity contribution in [3.8, 4) is 0 Å². The van der Waals surface area contributed by atoms with Crippen LogP contribution in [0.3, 0.4) is 0 Å². The van der Waals surface area contributed by atoms with Crippen LogP contribution in [-0.2, 0) is 11.2 Å². The molecule has 1 aromatic heterocycles. The smallest absolute Gasteiger partial charge is 0.224 e. The standard InChI is InChI=1S/C14H15BrN2O/c1-8-11(7-14(18)17-10-3-4-10)12-6-9(15)2-5-13(12)16-8/h2,5-6,10,16H,3-4,7H2,1H3,(H,17,18). The van der Waals surface area contributed by atoms with E-state index < -0.39 is 0 Å². The van der Waals surface area contributed by atoms with Crippen LogP contribution >= 0.6 is 15.9 Å². The lowest BCUT2D eigenvalue weighted by molar-refractivity contribution is -0.120. The number of nitrogens with one attached hydrogen (secondary N) is 2. The average molecular weight is 307 g/mol. The Balaban J connectivity index is 1.91. The van der Waals surface area contributed by atoms with Crippen LogP contribution in [-0.4, -0.2) is 16.9 Å². The summed E-state index contributed by atoms with van der Waals surface area (Å²) in [5.74, 6) is 0.126. The third kappa shape index (κ3) is 2.29. The molecule has 1 heterocycles. The number of aromatic amines is 1. The number of fused-ring (bicyclic) bond motifs is 1. The van der Waals surface area contributed by atoms with Crippen molar-refractivity contribution < 1.29 is 4.79 Å². The summed E-state index contributed by atoms with van der Waals surface area (Å²) in [6.45, 7) is 2.02. The predicted molar refractivity (Wildman–Crippen MR) is 75.6 cm³/mol. The van der Waals surface area contributed by atoms with Gasteiger partial charge in [-0.15, -0.1) is 0 Å². The van der Waals surface area contributed by atoms with E-state index in [9.17, 15) is 4.79 Å². The van der Waals surface area contributed by atoms with Crippen LogP contribution in [0.4, 0.5) is 0 Å². The largest absolute Gasteiger partial charge is 0.358 e. The molecule has 1 aliphatic rings. The number of halogens is 1. The lowest BCUT2D eigenvalue weighted by atomic mass is 10.1. The summed E-state index contributed by atoms with van der Waals surface area (Å²) in [6.07, 6.45) is 2.72. The highest BCUT2D eigenvalue weighted by Gasteiger charge is 2.24. The third-order valence-electron chi connectivity index (χ3n) is 3.36. The fourth-order valence-corrected chi connectivity index (χ4v) is 2.61. The number of carbonyl (C=O) groups is 1. The first-order valence-electron chi connectivity index (χ1n) is 6.19. The van der Waals surface area contributed by atoms with E-state index in [-0.39, 0.29) is 5.91 Å². The topological polar surface area (TPSA) is 44.9 Å². The van der Waals surface area contributed by atoms with E-state index in [1.165, 1.54) is 0 Å².